The molecule has 36 heavy (non-hydrogen) atoms. The van der Waals surface area contributed by atoms with E-state index in [9.17, 15) is 22.8 Å². The van der Waals surface area contributed by atoms with Crippen LogP contribution in [0.25, 0.3) is 0 Å². The molecule has 1 unspecified atom stereocenters. The third kappa shape index (κ3) is 4.73. The van der Waals surface area contributed by atoms with Crippen LogP contribution in [0.1, 0.15) is 34.3 Å². The number of carbonyl (C=O) groups excluding carboxylic acids is 2. The number of piperidine rings is 1. The molecule has 186 valence electrons. The molecule has 8 heteroatoms. The summed E-state index contributed by atoms with van der Waals surface area (Å²) in [6.07, 6.45) is 1.30. The van der Waals surface area contributed by atoms with Crippen molar-refractivity contribution in [2.24, 2.45) is 0 Å². The van der Waals surface area contributed by atoms with E-state index in [0.29, 0.717) is 24.8 Å². The number of nitrogens with zero attached hydrogens (tertiary/aromatic N) is 2. The van der Waals surface area contributed by atoms with Crippen LogP contribution in [0.3, 0.4) is 0 Å². The maximum absolute atomic E-state index is 14.5. The van der Waals surface area contributed by atoms with Gasteiger partial charge in [-0.3, -0.25) is 14.9 Å². The van der Waals surface area contributed by atoms with E-state index in [1.807, 2.05) is 30.3 Å². The average Bonchev–Trinajstić information content (AvgIpc) is 3.10. The summed E-state index contributed by atoms with van der Waals surface area (Å²) in [6.45, 7) is 0.666. The maximum atomic E-state index is 14.5. The van der Waals surface area contributed by atoms with E-state index in [2.05, 4.69) is 5.32 Å². The molecule has 2 amide bonds. The number of hydrogen-bond acceptors (Lipinski definition) is 3. The van der Waals surface area contributed by atoms with E-state index < -0.39 is 29.2 Å². The SMILES string of the molecule is O=C(c1cc(F)cc(F)c1)N1CCC2(CC1)NC(Cc1ccccc1)C(=O)N2Cc1ccccc1F. The molecule has 0 aliphatic carbocycles. The molecular weight excluding hydrogens is 467 g/mol. The van der Waals surface area contributed by atoms with Crippen molar-refractivity contribution < 1.29 is 22.8 Å². The number of carbonyl (C=O) groups is 2. The Morgan fingerprint density at radius 2 is 1.56 bits per heavy atom. The molecule has 2 heterocycles. The molecule has 2 aliphatic rings. The molecule has 0 radical (unpaired) electrons. The standard InChI is InChI=1S/C28H26F3N3O2/c29-22-15-21(16-23(30)17-22)26(35)33-12-10-28(11-13-33)32-25(14-19-6-2-1-3-7-19)27(36)34(28)18-20-8-4-5-9-24(20)31/h1-9,15-17,25,32H,10-14,18H2. The fourth-order valence-corrected chi connectivity index (χ4v) is 5.23. The van der Waals surface area contributed by atoms with Gasteiger partial charge in [0.25, 0.3) is 5.91 Å². The summed E-state index contributed by atoms with van der Waals surface area (Å²) in [5.41, 5.74) is 0.611. The predicted molar refractivity (Wildman–Crippen MR) is 128 cm³/mol. The highest BCUT2D eigenvalue weighted by molar-refractivity contribution is 5.94. The molecule has 2 fully saturated rings. The van der Waals surface area contributed by atoms with Gasteiger partial charge in [0.2, 0.25) is 5.91 Å². The smallest absolute Gasteiger partial charge is 0.254 e. The van der Waals surface area contributed by atoms with E-state index in [-0.39, 0.29) is 36.9 Å². The van der Waals surface area contributed by atoms with E-state index in [4.69, 9.17) is 0 Å². The number of nitrogens with one attached hydrogen (secondary N) is 1. The molecule has 2 saturated heterocycles. The third-order valence-corrected chi connectivity index (χ3v) is 7.08. The van der Waals surface area contributed by atoms with E-state index in [1.54, 1.807) is 23.1 Å². The Balaban J connectivity index is 1.38. The molecular formula is C28H26F3N3O2. The summed E-state index contributed by atoms with van der Waals surface area (Å²) in [6, 6.07) is 18.3. The quantitative estimate of drug-likeness (QED) is 0.578. The Morgan fingerprint density at radius 1 is 0.917 bits per heavy atom. The van der Waals surface area contributed by atoms with Crippen LogP contribution < -0.4 is 5.32 Å². The maximum Gasteiger partial charge on any atom is 0.254 e. The molecule has 3 aromatic carbocycles. The minimum atomic E-state index is -0.810. The minimum Gasteiger partial charge on any atom is -0.338 e. The number of benzene rings is 3. The zero-order chi connectivity index (χ0) is 25.3. The second-order valence-electron chi connectivity index (χ2n) is 9.38. The highest BCUT2D eigenvalue weighted by Crippen LogP contribution is 2.35. The largest absolute Gasteiger partial charge is 0.338 e. The van der Waals surface area contributed by atoms with Crippen molar-refractivity contribution in [2.75, 3.05) is 13.1 Å². The number of rotatable bonds is 5. The van der Waals surface area contributed by atoms with E-state index in [0.717, 1.165) is 23.8 Å². The number of likely N-dealkylation sites (tertiary alicyclic amines) is 1. The molecule has 0 saturated carbocycles. The van der Waals surface area contributed by atoms with Crippen LogP contribution in [0, 0.1) is 17.5 Å². The second-order valence-corrected chi connectivity index (χ2v) is 9.38. The minimum absolute atomic E-state index is 0.0518. The summed E-state index contributed by atoms with van der Waals surface area (Å²) in [4.78, 5) is 29.8. The lowest BCUT2D eigenvalue weighted by atomic mass is 9.94. The summed E-state index contributed by atoms with van der Waals surface area (Å²) >= 11 is 0. The summed E-state index contributed by atoms with van der Waals surface area (Å²) < 4.78 is 41.8. The summed E-state index contributed by atoms with van der Waals surface area (Å²) in [5.74, 6) is -2.58. The highest BCUT2D eigenvalue weighted by Gasteiger charge is 2.51. The first-order valence-electron chi connectivity index (χ1n) is 12.0. The van der Waals surface area contributed by atoms with Crippen molar-refractivity contribution in [1.29, 1.82) is 0 Å². The van der Waals surface area contributed by atoms with Crippen molar-refractivity contribution in [3.63, 3.8) is 0 Å². The zero-order valence-electron chi connectivity index (χ0n) is 19.6. The molecule has 3 aromatic rings. The van der Waals surface area contributed by atoms with Gasteiger partial charge in [-0.2, -0.15) is 0 Å². The molecule has 5 nitrogen and oxygen atoms in total. The lowest BCUT2D eigenvalue weighted by Crippen LogP contribution is -2.59. The van der Waals surface area contributed by atoms with Crippen molar-refractivity contribution in [3.8, 4) is 0 Å². The Kier molecular flexibility index (Phi) is 6.53. The first kappa shape index (κ1) is 24.1. The lowest BCUT2D eigenvalue weighted by Gasteiger charge is -2.44. The number of hydrogen-bond donors (Lipinski definition) is 1. The predicted octanol–water partition coefficient (Wildman–Crippen LogP) is 4.28. The molecule has 2 aliphatic heterocycles. The van der Waals surface area contributed by atoms with Crippen LogP contribution in [-0.2, 0) is 17.8 Å². The van der Waals surface area contributed by atoms with E-state index >= 15 is 0 Å². The van der Waals surface area contributed by atoms with Crippen LogP contribution >= 0.6 is 0 Å². The van der Waals surface area contributed by atoms with Gasteiger partial charge < -0.3 is 9.80 Å². The molecule has 5 rings (SSSR count). The number of amides is 2. The van der Waals surface area contributed by atoms with Crippen LogP contribution in [0.15, 0.2) is 72.8 Å². The van der Waals surface area contributed by atoms with E-state index in [1.165, 1.54) is 11.0 Å². The molecule has 0 bridgehead atoms. The second kappa shape index (κ2) is 9.78. The fourth-order valence-electron chi connectivity index (χ4n) is 5.23. The van der Waals surface area contributed by atoms with Gasteiger partial charge in [-0.1, -0.05) is 48.5 Å². The van der Waals surface area contributed by atoms with Crippen LogP contribution in [-0.4, -0.2) is 46.4 Å². The van der Waals surface area contributed by atoms with Gasteiger partial charge in [0.05, 0.1) is 18.2 Å². The monoisotopic (exact) mass is 493 g/mol. The fraction of sp³-hybridized carbons (Fsp3) is 0.286. The molecule has 0 aromatic heterocycles. The van der Waals surface area contributed by atoms with Crippen LogP contribution in [0.4, 0.5) is 13.2 Å². The Morgan fingerprint density at radius 3 is 2.22 bits per heavy atom. The van der Waals surface area contributed by atoms with Gasteiger partial charge in [-0.05, 0) is 30.2 Å². The molecule has 1 atom stereocenters. The Labute approximate surface area is 207 Å². The normalized spacial score (nSPS) is 19.2. The third-order valence-electron chi connectivity index (χ3n) is 7.08. The Bertz CT molecular complexity index is 1260. The van der Waals surface area contributed by atoms with Gasteiger partial charge in [-0.25, -0.2) is 13.2 Å². The number of halogens is 3. The topological polar surface area (TPSA) is 52.7 Å². The van der Waals surface area contributed by atoms with Crippen molar-refractivity contribution >= 4 is 11.8 Å². The molecule has 1 spiro atoms. The highest BCUT2D eigenvalue weighted by atomic mass is 19.1. The van der Waals surface area contributed by atoms with Gasteiger partial charge in [0.15, 0.2) is 0 Å². The van der Waals surface area contributed by atoms with Crippen molar-refractivity contribution in [3.05, 3.63) is 107 Å². The van der Waals surface area contributed by atoms with Gasteiger partial charge in [0.1, 0.15) is 17.5 Å². The van der Waals surface area contributed by atoms with Gasteiger partial charge >= 0.3 is 0 Å². The Hall–Kier alpha value is -3.65. The summed E-state index contributed by atoms with van der Waals surface area (Å²) in [5, 5.41) is 3.51. The van der Waals surface area contributed by atoms with Crippen LogP contribution in [0.2, 0.25) is 0 Å². The lowest BCUT2D eigenvalue weighted by molar-refractivity contribution is -0.134. The van der Waals surface area contributed by atoms with Crippen molar-refractivity contribution in [1.82, 2.24) is 15.1 Å². The molecule has 1 N–H and O–H groups in total. The van der Waals surface area contributed by atoms with Gasteiger partial charge in [0, 0.05) is 43.1 Å². The summed E-state index contributed by atoms with van der Waals surface area (Å²) in [7, 11) is 0. The van der Waals surface area contributed by atoms with Gasteiger partial charge in [-0.15, -0.1) is 0 Å². The first-order chi connectivity index (χ1) is 17.3. The first-order valence-corrected chi connectivity index (χ1v) is 12.0. The van der Waals surface area contributed by atoms with Crippen LogP contribution in [0.5, 0.6) is 0 Å². The zero-order valence-corrected chi connectivity index (χ0v) is 19.6. The van der Waals surface area contributed by atoms with Crippen molar-refractivity contribution in [2.45, 2.75) is 37.5 Å². The average molecular weight is 494 g/mol.